The van der Waals surface area contributed by atoms with Crippen molar-refractivity contribution >= 4 is 39.1 Å². The molecule has 94 valence electrons. The molecule has 0 N–H and O–H groups in total. The minimum Gasteiger partial charge on any atom is -0.294 e. The van der Waals surface area contributed by atoms with E-state index in [1.54, 1.807) is 0 Å². The molecular weight excluding hydrogens is 346 g/mol. The summed E-state index contributed by atoms with van der Waals surface area (Å²) in [7, 11) is 0. The Balaban J connectivity index is 2.44. The van der Waals surface area contributed by atoms with Crippen molar-refractivity contribution in [3.05, 3.63) is 60.9 Å². The van der Waals surface area contributed by atoms with Crippen LogP contribution in [-0.2, 0) is 6.54 Å². The standard InChI is InChI=1S/C11H6BrCl2FN2O/c12-9-10(14)16-5-17(11(9)18)4-6-3-7(15)1-2-8(6)13/h1-3,5H,4H2. The molecule has 7 heteroatoms. The Bertz CT molecular complexity index is 660. The van der Waals surface area contributed by atoms with Gasteiger partial charge in [0, 0.05) is 5.02 Å². The predicted molar refractivity (Wildman–Crippen MR) is 71.7 cm³/mol. The average Bonchev–Trinajstić information content (AvgIpc) is 2.34. The van der Waals surface area contributed by atoms with Crippen molar-refractivity contribution in [1.82, 2.24) is 9.55 Å². The molecule has 0 saturated carbocycles. The van der Waals surface area contributed by atoms with Crippen molar-refractivity contribution in [2.45, 2.75) is 6.54 Å². The molecule has 0 atom stereocenters. The SMILES string of the molecule is O=c1c(Br)c(Cl)ncn1Cc1cc(F)ccc1Cl. The van der Waals surface area contributed by atoms with Gasteiger partial charge in [0.2, 0.25) is 0 Å². The molecule has 0 aliphatic heterocycles. The van der Waals surface area contributed by atoms with Crippen LogP contribution in [0, 0.1) is 5.82 Å². The Labute approximate surface area is 120 Å². The zero-order valence-corrected chi connectivity index (χ0v) is 11.9. The third kappa shape index (κ3) is 2.74. The molecule has 1 aromatic heterocycles. The Morgan fingerprint density at radius 1 is 1.39 bits per heavy atom. The molecule has 0 aliphatic carbocycles. The normalized spacial score (nSPS) is 10.7. The maximum Gasteiger partial charge on any atom is 0.269 e. The van der Waals surface area contributed by atoms with Crippen LogP contribution in [0.1, 0.15) is 5.56 Å². The monoisotopic (exact) mass is 350 g/mol. The van der Waals surface area contributed by atoms with Gasteiger partial charge in [0.05, 0.1) is 12.9 Å². The number of halogens is 4. The molecule has 0 aliphatic rings. The van der Waals surface area contributed by atoms with Crippen LogP contribution in [0.4, 0.5) is 4.39 Å². The molecule has 0 spiro atoms. The van der Waals surface area contributed by atoms with Gasteiger partial charge < -0.3 is 0 Å². The van der Waals surface area contributed by atoms with Crippen LogP contribution < -0.4 is 5.56 Å². The van der Waals surface area contributed by atoms with Gasteiger partial charge in [-0.2, -0.15) is 0 Å². The molecule has 0 amide bonds. The van der Waals surface area contributed by atoms with Crippen LogP contribution in [0.5, 0.6) is 0 Å². The Hall–Kier alpha value is -0.910. The number of hydrogen-bond donors (Lipinski definition) is 0. The third-order valence-electron chi connectivity index (χ3n) is 2.29. The maximum atomic E-state index is 13.1. The molecule has 18 heavy (non-hydrogen) atoms. The lowest BCUT2D eigenvalue weighted by molar-refractivity contribution is 0.622. The van der Waals surface area contributed by atoms with E-state index in [2.05, 4.69) is 20.9 Å². The van der Waals surface area contributed by atoms with Gasteiger partial charge in [-0.1, -0.05) is 23.2 Å². The van der Waals surface area contributed by atoms with Gasteiger partial charge in [-0.25, -0.2) is 9.37 Å². The lowest BCUT2D eigenvalue weighted by Gasteiger charge is -2.08. The van der Waals surface area contributed by atoms with Gasteiger partial charge in [-0.15, -0.1) is 0 Å². The minimum atomic E-state index is -0.413. The second kappa shape index (κ2) is 5.38. The van der Waals surface area contributed by atoms with Crippen molar-refractivity contribution in [3.63, 3.8) is 0 Å². The predicted octanol–water partition coefficient (Wildman–Crippen LogP) is 3.50. The van der Waals surface area contributed by atoms with E-state index in [1.807, 2.05) is 0 Å². The summed E-state index contributed by atoms with van der Waals surface area (Å²) in [5.41, 5.74) is 0.144. The topological polar surface area (TPSA) is 34.9 Å². The number of hydrogen-bond acceptors (Lipinski definition) is 2. The molecule has 0 fully saturated rings. The molecule has 0 radical (unpaired) electrons. The zero-order valence-electron chi connectivity index (χ0n) is 8.83. The first kappa shape index (κ1) is 13.5. The van der Waals surface area contributed by atoms with E-state index in [9.17, 15) is 9.18 Å². The summed E-state index contributed by atoms with van der Waals surface area (Å²) in [4.78, 5) is 15.7. The van der Waals surface area contributed by atoms with Crippen molar-refractivity contribution in [2.24, 2.45) is 0 Å². The summed E-state index contributed by atoms with van der Waals surface area (Å²) in [5, 5.41) is 0.468. The lowest BCUT2D eigenvalue weighted by atomic mass is 10.2. The Morgan fingerprint density at radius 2 is 2.11 bits per heavy atom. The van der Waals surface area contributed by atoms with Crippen LogP contribution in [0.25, 0.3) is 0 Å². The van der Waals surface area contributed by atoms with Crippen LogP contribution in [0.15, 0.2) is 33.8 Å². The number of aromatic nitrogens is 2. The highest BCUT2D eigenvalue weighted by Gasteiger charge is 2.09. The quantitative estimate of drug-likeness (QED) is 0.776. The van der Waals surface area contributed by atoms with Crippen LogP contribution >= 0.6 is 39.1 Å². The fraction of sp³-hybridized carbons (Fsp3) is 0.0909. The first-order chi connectivity index (χ1) is 8.49. The number of benzene rings is 1. The summed E-state index contributed by atoms with van der Waals surface area (Å²) >= 11 is 14.7. The Kier molecular flexibility index (Phi) is 4.04. The molecule has 3 nitrogen and oxygen atoms in total. The number of nitrogens with zero attached hydrogens (tertiary/aromatic N) is 2. The van der Waals surface area contributed by atoms with Crippen molar-refractivity contribution in [3.8, 4) is 0 Å². The summed E-state index contributed by atoms with van der Waals surface area (Å²) < 4.78 is 14.6. The highest BCUT2D eigenvalue weighted by atomic mass is 79.9. The molecule has 2 rings (SSSR count). The molecule has 0 saturated heterocycles. The fourth-order valence-corrected chi connectivity index (χ4v) is 2.04. The van der Waals surface area contributed by atoms with E-state index in [0.717, 1.165) is 0 Å². The van der Waals surface area contributed by atoms with E-state index in [-0.39, 0.29) is 21.7 Å². The fourth-order valence-electron chi connectivity index (χ4n) is 1.40. The van der Waals surface area contributed by atoms with Gasteiger partial charge in [0.15, 0.2) is 5.15 Å². The van der Waals surface area contributed by atoms with E-state index in [4.69, 9.17) is 23.2 Å². The van der Waals surface area contributed by atoms with Crippen LogP contribution in [0.3, 0.4) is 0 Å². The minimum absolute atomic E-state index is 0.0848. The molecule has 0 bridgehead atoms. The first-order valence-electron chi connectivity index (χ1n) is 4.83. The third-order valence-corrected chi connectivity index (χ3v) is 3.89. The second-order valence-corrected chi connectivity index (χ2v) is 5.08. The molecule has 1 heterocycles. The zero-order chi connectivity index (χ0) is 13.3. The van der Waals surface area contributed by atoms with Gasteiger partial charge in [0.25, 0.3) is 5.56 Å². The van der Waals surface area contributed by atoms with Crippen molar-refractivity contribution < 1.29 is 4.39 Å². The van der Waals surface area contributed by atoms with Crippen molar-refractivity contribution in [1.29, 1.82) is 0 Å². The number of rotatable bonds is 2. The van der Waals surface area contributed by atoms with E-state index < -0.39 is 5.82 Å². The van der Waals surface area contributed by atoms with Crippen LogP contribution in [0.2, 0.25) is 10.2 Å². The highest BCUT2D eigenvalue weighted by molar-refractivity contribution is 9.10. The molecule has 0 unspecified atom stereocenters. The molecule has 1 aromatic carbocycles. The van der Waals surface area contributed by atoms with Crippen molar-refractivity contribution in [2.75, 3.05) is 0 Å². The first-order valence-corrected chi connectivity index (χ1v) is 6.38. The lowest BCUT2D eigenvalue weighted by Crippen LogP contribution is -2.22. The highest BCUT2D eigenvalue weighted by Crippen LogP contribution is 2.19. The summed E-state index contributed by atoms with van der Waals surface area (Å²) in [6.45, 7) is 0.123. The van der Waals surface area contributed by atoms with Crippen LogP contribution in [-0.4, -0.2) is 9.55 Å². The van der Waals surface area contributed by atoms with E-state index >= 15 is 0 Å². The van der Waals surface area contributed by atoms with Gasteiger partial charge in [-0.3, -0.25) is 9.36 Å². The largest absolute Gasteiger partial charge is 0.294 e. The summed E-state index contributed by atoms with van der Waals surface area (Å²) in [5.74, 6) is -0.413. The Morgan fingerprint density at radius 3 is 2.83 bits per heavy atom. The maximum absolute atomic E-state index is 13.1. The second-order valence-electron chi connectivity index (χ2n) is 3.52. The average molecular weight is 352 g/mol. The van der Waals surface area contributed by atoms with E-state index in [1.165, 1.54) is 29.1 Å². The smallest absolute Gasteiger partial charge is 0.269 e. The summed E-state index contributed by atoms with van der Waals surface area (Å²) in [6, 6.07) is 3.97. The van der Waals surface area contributed by atoms with Gasteiger partial charge in [-0.05, 0) is 39.7 Å². The van der Waals surface area contributed by atoms with Gasteiger partial charge in [0.1, 0.15) is 10.3 Å². The van der Waals surface area contributed by atoms with Gasteiger partial charge >= 0.3 is 0 Å². The molecular formula is C11H6BrCl2FN2O. The summed E-state index contributed by atoms with van der Waals surface area (Å²) in [6.07, 6.45) is 1.29. The van der Waals surface area contributed by atoms with E-state index in [0.29, 0.717) is 10.6 Å². The molecule has 2 aromatic rings.